The summed E-state index contributed by atoms with van der Waals surface area (Å²) in [6.07, 6.45) is 3.73. The summed E-state index contributed by atoms with van der Waals surface area (Å²) < 4.78 is 0. The van der Waals surface area contributed by atoms with E-state index in [4.69, 9.17) is 0 Å². The van der Waals surface area contributed by atoms with Crippen LogP contribution >= 0.6 is 0 Å². The van der Waals surface area contributed by atoms with Crippen LogP contribution in [0.15, 0.2) is 48.5 Å². The summed E-state index contributed by atoms with van der Waals surface area (Å²) in [7, 11) is 0. The second kappa shape index (κ2) is 6.44. The van der Waals surface area contributed by atoms with Gasteiger partial charge in [-0.15, -0.1) is 0 Å². The topological polar surface area (TPSA) is 32.3 Å². The molecule has 1 N–H and O–H groups in total. The average molecular weight is 279 g/mol. The van der Waals surface area contributed by atoms with E-state index in [1.165, 1.54) is 19.3 Å². The normalized spacial score (nSPS) is 14.8. The summed E-state index contributed by atoms with van der Waals surface area (Å²) in [6.45, 7) is 2.12. The number of benzene rings is 2. The monoisotopic (exact) mass is 279 g/mol. The van der Waals surface area contributed by atoms with Gasteiger partial charge in [-0.1, -0.05) is 30.3 Å². The first kappa shape index (κ1) is 13.7. The number of carbonyl (C=O) groups excluding carboxylic acids is 1. The predicted molar refractivity (Wildman–Crippen MR) is 85.7 cm³/mol. The van der Waals surface area contributed by atoms with Gasteiger partial charge in [0.2, 0.25) is 0 Å². The van der Waals surface area contributed by atoms with Crippen LogP contribution in [0.2, 0.25) is 0 Å². The van der Waals surface area contributed by atoms with Gasteiger partial charge < -0.3 is 10.2 Å². The smallest absolute Gasteiger partial charge is 0.256 e. The minimum absolute atomic E-state index is 0.111. The van der Waals surface area contributed by atoms with Crippen molar-refractivity contribution < 1.29 is 4.79 Å². The predicted octanol–water partition coefficient (Wildman–Crippen LogP) is 3.73. The van der Waals surface area contributed by atoms with Gasteiger partial charge in [0.1, 0.15) is 0 Å². The maximum absolute atomic E-state index is 12.3. The lowest BCUT2D eigenvalue weighted by Gasteiger charge is -2.30. The van der Waals surface area contributed by atoms with E-state index in [1.807, 2.05) is 30.3 Å². The molecule has 0 aromatic heterocycles. The number of carbonyl (C=O) groups is 1. The lowest BCUT2D eigenvalue weighted by molar-refractivity contribution is 0.102. The molecule has 1 heterocycles. The highest BCUT2D eigenvalue weighted by molar-refractivity contribution is 6.05. The summed E-state index contributed by atoms with van der Waals surface area (Å²) in [6, 6.07) is 18.2. The molecule has 0 bridgehead atoms. The molecule has 1 aliphatic rings. The molecule has 0 saturated carbocycles. The minimum atomic E-state index is -0.111. The standard InChI is InChI=1S/C18H19N2O/c21-18(15-9-3-1-4-10-15)19-16-11-5-6-12-17(16)20-13-7-2-8-14-20/h1,3-6,9,11-12H,2,7-8,13-14H2,(H,19,21). The Kier molecular flexibility index (Phi) is 4.20. The molecule has 3 heteroatoms. The number of hydrogen-bond donors (Lipinski definition) is 1. The first-order chi connectivity index (χ1) is 10.3. The van der Waals surface area contributed by atoms with E-state index in [0.29, 0.717) is 5.56 Å². The van der Waals surface area contributed by atoms with Crippen molar-refractivity contribution in [1.29, 1.82) is 0 Å². The van der Waals surface area contributed by atoms with Crippen LogP contribution in [0.25, 0.3) is 0 Å². The van der Waals surface area contributed by atoms with Crippen LogP contribution in [0.4, 0.5) is 11.4 Å². The van der Waals surface area contributed by atoms with Crippen molar-refractivity contribution in [2.45, 2.75) is 19.3 Å². The fourth-order valence-corrected chi connectivity index (χ4v) is 2.71. The Morgan fingerprint density at radius 2 is 1.76 bits per heavy atom. The zero-order chi connectivity index (χ0) is 14.5. The van der Waals surface area contributed by atoms with E-state index < -0.39 is 0 Å². The molecule has 0 unspecified atom stereocenters. The Morgan fingerprint density at radius 3 is 2.52 bits per heavy atom. The molecule has 1 saturated heterocycles. The number of nitrogens with zero attached hydrogens (tertiary/aromatic N) is 1. The van der Waals surface area contributed by atoms with Crippen molar-refractivity contribution in [1.82, 2.24) is 0 Å². The quantitative estimate of drug-likeness (QED) is 0.928. The summed E-state index contributed by atoms with van der Waals surface area (Å²) >= 11 is 0. The lowest BCUT2D eigenvalue weighted by Crippen LogP contribution is -2.30. The molecule has 0 atom stereocenters. The van der Waals surface area contributed by atoms with Gasteiger partial charge in [-0.2, -0.15) is 0 Å². The van der Waals surface area contributed by atoms with Crippen molar-refractivity contribution in [3.63, 3.8) is 0 Å². The molecule has 3 rings (SSSR count). The molecule has 0 spiro atoms. The number of para-hydroxylation sites is 2. The Bertz CT molecular complexity index is 604. The SMILES string of the molecule is O=C(Nc1ccccc1N1CCCCC1)c1[c]cccc1. The van der Waals surface area contributed by atoms with E-state index in [2.05, 4.69) is 22.3 Å². The number of amides is 1. The Hall–Kier alpha value is -2.29. The summed E-state index contributed by atoms with van der Waals surface area (Å²) in [5, 5.41) is 3.01. The van der Waals surface area contributed by atoms with Crippen molar-refractivity contribution in [2.24, 2.45) is 0 Å². The highest BCUT2D eigenvalue weighted by Gasteiger charge is 2.15. The second-order valence-corrected chi connectivity index (χ2v) is 5.30. The van der Waals surface area contributed by atoms with Crippen LogP contribution in [0.3, 0.4) is 0 Å². The van der Waals surface area contributed by atoms with Crippen molar-refractivity contribution >= 4 is 17.3 Å². The number of rotatable bonds is 3. The van der Waals surface area contributed by atoms with Gasteiger partial charge in [0.05, 0.1) is 11.4 Å². The summed E-state index contributed by atoms with van der Waals surface area (Å²) in [5.74, 6) is -0.111. The molecule has 3 nitrogen and oxygen atoms in total. The van der Waals surface area contributed by atoms with Crippen LogP contribution < -0.4 is 10.2 Å². The van der Waals surface area contributed by atoms with E-state index in [0.717, 1.165) is 24.5 Å². The van der Waals surface area contributed by atoms with Gasteiger partial charge in [0.25, 0.3) is 5.91 Å². The van der Waals surface area contributed by atoms with E-state index in [9.17, 15) is 4.79 Å². The van der Waals surface area contributed by atoms with Crippen molar-refractivity contribution in [3.05, 3.63) is 60.2 Å². The van der Waals surface area contributed by atoms with Crippen molar-refractivity contribution in [3.8, 4) is 0 Å². The van der Waals surface area contributed by atoms with E-state index in [1.54, 1.807) is 12.1 Å². The first-order valence-corrected chi connectivity index (χ1v) is 7.46. The highest BCUT2D eigenvalue weighted by Crippen LogP contribution is 2.28. The number of piperidine rings is 1. The fourth-order valence-electron chi connectivity index (χ4n) is 2.71. The van der Waals surface area contributed by atoms with E-state index >= 15 is 0 Å². The van der Waals surface area contributed by atoms with Crippen LogP contribution in [0, 0.1) is 6.07 Å². The zero-order valence-corrected chi connectivity index (χ0v) is 12.0. The maximum Gasteiger partial charge on any atom is 0.256 e. The number of nitrogens with one attached hydrogen (secondary N) is 1. The molecule has 2 aromatic carbocycles. The Morgan fingerprint density at radius 1 is 1.00 bits per heavy atom. The van der Waals surface area contributed by atoms with Crippen LogP contribution in [-0.2, 0) is 0 Å². The third-order valence-corrected chi connectivity index (χ3v) is 3.80. The summed E-state index contributed by atoms with van der Waals surface area (Å²) in [5.41, 5.74) is 2.55. The third-order valence-electron chi connectivity index (χ3n) is 3.80. The molecule has 1 fully saturated rings. The number of hydrogen-bond acceptors (Lipinski definition) is 2. The molecule has 107 valence electrons. The molecule has 21 heavy (non-hydrogen) atoms. The lowest BCUT2D eigenvalue weighted by atomic mass is 10.1. The van der Waals surface area contributed by atoms with Gasteiger partial charge >= 0.3 is 0 Å². The maximum atomic E-state index is 12.3. The Labute approximate surface area is 125 Å². The third kappa shape index (κ3) is 3.24. The molecular formula is C18H19N2O. The minimum Gasteiger partial charge on any atom is -0.370 e. The van der Waals surface area contributed by atoms with Crippen molar-refractivity contribution in [2.75, 3.05) is 23.3 Å². The largest absolute Gasteiger partial charge is 0.370 e. The van der Waals surface area contributed by atoms with Crippen LogP contribution in [0.5, 0.6) is 0 Å². The van der Waals surface area contributed by atoms with E-state index in [-0.39, 0.29) is 5.91 Å². The van der Waals surface area contributed by atoms with Gasteiger partial charge in [-0.3, -0.25) is 4.79 Å². The van der Waals surface area contributed by atoms with Gasteiger partial charge in [-0.25, -0.2) is 0 Å². The highest BCUT2D eigenvalue weighted by atomic mass is 16.1. The fraction of sp³-hybridized carbons (Fsp3) is 0.278. The molecule has 1 aliphatic heterocycles. The molecule has 1 radical (unpaired) electrons. The Balaban J connectivity index is 1.80. The summed E-state index contributed by atoms with van der Waals surface area (Å²) in [4.78, 5) is 14.6. The van der Waals surface area contributed by atoms with Gasteiger partial charge in [0.15, 0.2) is 0 Å². The van der Waals surface area contributed by atoms with Gasteiger partial charge in [0, 0.05) is 18.7 Å². The average Bonchev–Trinajstić information content (AvgIpc) is 2.57. The molecule has 0 aliphatic carbocycles. The first-order valence-electron chi connectivity index (χ1n) is 7.46. The van der Waals surface area contributed by atoms with Crippen LogP contribution in [0.1, 0.15) is 29.6 Å². The number of anilines is 2. The van der Waals surface area contributed by atoms with Crippen LogP contribution in [-0.4, -0.2) is 19.0 Å². The zero-order valence-electron chi connectivity index (χ0n) is 12.0. The molecular weight excluding hydrogens is 260 g/mol. The van der Waals surface area contributed by atoms with Gasteiger partial charge in [-0.05, 0) is 43.5 Å². The second-order valence-electron chi connectivity index (χ2n) is 5.30. The molecule has 1 amide bonds. The molecule has 2 aromatic rings.